The van der Waals surface area contributed by atoms with E-state index in [2.05, 4.69) is 10.6 Å². The summed E-state index contributed by atoms with van der Waals surface area (Å²) >= 11 is 0. The van der Waals surface area contributed by atoms with Crippen LogP contribution in [0.3, 0.4) is 0 Å². The van der Waals surface area contributed by atoms with Crippen molar-refractivity contribution in [3.63, 3.8) is 0 Å². The molecular weight excluding hydrogens is 318 g/mol. The summed E-state index contributed by atoms with van der Waals surface area (Å²) in [7, 11) is 0. The number of benzene rings is 1. The maximum Gasteiger partial charge on any atom is 0.251 e. The van der Waals surface area contributed by atoms with Gasteiger partial charge in [0.25, 0.3) is 5.91 Å². The highest BCUT2D eigenvalue weighted by Gasteiger charge is 2.33. The van der Waals surface area contributed by atoms with Crippen molar-refractivity contribution in [3.05, 3.63) is 35.4 Å². The first kappa shape index (κ1) is 19.0. The van der Waals surface area contributed by atoms with Crippen LogP contribution in [0.5, 0.6) is 0 Å². The van der Waals surface area contributed by atoms with E-state index < -0.39 is 0 Å². The molecule has 0 bridgehead atoms. The molecule has 6 nitrogen and oxygen atoms in total. The van der Waals surface area contributed by atoms with Crippen LogP contribution in [0.25, 0.3) is 0 Å². The van der Waals surface area contributed by atoms with Gasteiger partial charge in [0, 0.05) is 37.7 Å². The molecule has 25 heavy (non-hydrogen) atoms. The number of carbonyl (C=O) groups is 3. The van der Waals surface area contributed by atoms with Crippen molar-refractivity contribution in [3.8, 4) is 0 Å². The normalized spacial score (nSPS) is 18.1. The van der Waals surface area contributed by atoms with Crippen molar-refractivity contribution in [1.82, 2.24) is 15.5 Å². The lowest BCUT2D eigenvalue weighted by Gasteiger charge is -2.14. The molecule has 0 aliphatic carbocycles. The Balaban J connectivity index is 1.91. The van der Waals surface area contributed by atoms with E-state index in [1.807, 2.05) is 32.9 Å². The molecule has 6 heteroatoms. The van der Waals surface area contributed by atoms with Crippen molar-refractivity contribution in [2.24, 2.45) is 5.92 Å². The molecular formula is C19H27N3O3. The van der Waals surface area contributed by atoms with Crippen molar-refractivity contribution in [2.75, 3.05) is 13.1 Å². The number of nitrogens with one attached hydrogen (secondary N) is 2. The van der Waals surface area contributed by atoms with E-state index in [-0.39, 0.29) is 36.1 Å². The second-order valence-electron chi connectivity index (χ2n) is 6.53. The van der Waals surface area contributed by atoms with Gasteiger partial charge in [-0.3, -0.25) is 14.4 Å². The largest absolute Gasteiger partial charge is 0.352 e. The Labute approximate surface area is 149 Å². The average Bonchev–Trinajstić information content (AvgIpc) is 3.00. The SMILES string of the molecule is CC[C@H](C)NC(=O)c1cccc(CNC(=O)[C@@H]2CC(=O)N(CC)C2)c1. The molecule has 3 amide bonds. The standard InChI is InChI=1S/C19H27N3O3/c1-4-13(3)21-19(25)15-8-6-7-14(9-15)11-20-18(24)16-10-17(23)22(5-2)12-16/h6-9,13,16H,4-5,10-12H2,1-3H3,(H,20,24)(H,21,25)/t13-,16+/m0/s1. The summed E-state index contributed by atoms with van der Waals surface area (Å²) in [4.78, 5) is 37.9. The summed E-state index contributed by atoms with van der Waals surface area (Å²) in [6.07, 6.45) is 1.15. The Morgan fingerprint density at radius 3 is 2.72 bits per heavy atom. The van der Waals surface area contributed by atoms with Crippen LogP contribution < -0.4 is 10.6 Å². The molecule has 1 aromatic rings. The minimum absolute atomic E-state index is 0.0337. The summed E-state index contributed by atoms with van der Waals surface area (Å²) in [5.74, 6) is -0.475. The minimum Gasteiger partial charge on any atom is -0.352 e. The Morgan fingerprint density at radius 2 is 2.08 bits per heavy atom. The van der Waals surface area contributed by atoms with E-state index in [1.54, 1.807) is 17.0 Å². The maximum absolute atomic E-state index is 12.3. The first-order chi connectivity index (χ1) is 11.9. The lowest BCUT2D eigenvalue weighted by atomic mass is 10.1. The van der Waals surface area contributed by atoms with Crippen LogP contribution in [-0.2, 0) is 16.1 Å². The van der Waals surface area contributed by atoms with Gasteiger partial charge in [0.15, 0.2) is 0 Å². The van der Waals surface area contributed by atoms with Gasteiger partial charge in [-0.1, -0.05) is 19.1 Å². The summed E-state index contributed by atoms with van der Waals surface area (Å²) in [6, 6.07) is 7.36. The van der Waals surface area contributed by atoms with Gasteiger partial charge >= 0.3 is 0 Å². The van der Waals surface area contributed by atoms with Gasteiger partial charge in [0.05, 0.1) is 5.92 Å². The van der Waals surface area contributed by atoms with Crippen LogP contribution in [0, 0.1) is 5.92 Å². The average molecular weight is 345 g/mol. The maximum atomic E-state index is 12.3. The highest BCUT2D eigenvalue weighted by atomic mass is 16.2. The van der Waals surface area contributed by atoms with Crippen molar-refractivity contribution in [2.45, 2.75) is 46.2 Å². The molecule has 1 heterocycles. The Hall–Kier alpha value is -2.37. The molecule has 1 aliphatic rings. The fourth-order valence-electron chi connectivity index (χ4n) is 2.82. The molecule has 2 atom stereocenters. The molecule has 1 saturated heterocycles. The zero-order valence-electron chi connectivity index (χ0n) is 15.2. The Kier molecular flexibility index (Phi) is 6.56. The highest BCUT2D eigenvalue weighted by molar-refractivity contribution is 5.94. The first-order valence-corrected chi connectivity index (χ1v) is 8.89. The summed E-state index contributed by atoms with van der Waals surface area (Å²) in [5, 5.41) is 5.80. The number of likely N-dealkylation sites (tertiary alicyclic amines) is 1. The van der Waals surface area contributed by atoms with Crippen LogP contribution >= 0.6 is 0 Å². The molecule has 1 aliphatic heterocycles. The van der Waals surface area contributed by atoms with Crippen LogP contribution in [0.2, 0.25) is 0 Å². The second-order valence-corrected chi connectivity index (χ2v) is 6.53. The molecule has 0 aromatic heterocycles. The van der Waals surface area contributed by atoms with E-state index >= 15 is 0 Å². The molecule has 2 N–H and O–H groups in total. The molecule has 1 fully saturated rings. The third-order valence-corrected chi connectivity index (χ3v) is 4.61. The molecule has 0 radical (unpaired) electrons. The van der Waals surface area contributed by atoms with Gasteiger partial charge < -0.3 is 15.5 Å². The monoisotopic (exact) mass is 345 g/mol. The van der Waals surface area contributed by atoms with Gasteiger partial charge in [0.1, 0.15) is 0 Å². The summed E-state index contributed by atoms with van der Waals surface area (Å²) in [5.41, 5.74) is 1.45. The molecule has 136 valence electrons. The predicted molar refractivity (Wildman–Crippen MR) is 95.9 cm³/mol. The van der Waals surface area contributed by atoms with Gasteiger partial charge in [-0.15, -0.1) is 0 Å². The third kappa shape index (κ3) is 5.05. The lowest BCUT2D eigenvalue weighted by Crippen LogP contribution is -2.33. The van der Waals surface area contributed by atoms with Crippen molar-refractivity contribution in [1.29, 1.82) is 0 Å². The number of hydrogen-bond acceptors (Lipinski definition) is 3. The first-order valence-electron chi connectivity index (χ1n) is 8.89. The van der Waals surface area contributed by atoms with Crippen LogP contribution in [-0.4, -0.2) is 41.8 Å². The van der Waals surface area contributed by atoms with E-state index in [0.29, 0.717) is 25.2 Å². The van der Waals surface area contributed by atoms with Crippen LogP contribution in [0.15, 0.2) is 24.3 Å². The quantitative estimate of drug-likeness (QED) is 0.789. The number of nitrogens with zero attached hydrogens (tertiary/aromatic N) is 1. The van der Waals surface area contributed by atoms with E-state index in [4.69, 9.17) is 0 Å². The van der Waals surface area contributed by atoms with Crippen LogP contribution in [0.4, 0.5) is 0 Å². The van der Waals surface area contributed by atoms with Crippen molar-refractivity contribution < 1.29 is 14.4 Å². The second kappa shape index (κ2) is 8.65. The summed E-state index contributed by atoms with van der Waals surface area (Å²) in [6.45, 7) is 7.36. The van der Waals surface area contributed by atoms with Crippen LogP contribution in [0.1, 0.15) is 49.5 Å². The molecule has 2 rings (SSSR count). The van der Waals surface area contributed by atoms with Gasteiger partial charge in [-0.05, 0) is 38.0 Å². The lowest BCUT2D eigenvalue weighted by molar-refractivity contribution is -0.128. The number of hydrogen-bond donors (Lipinski definition) is 2. The smallest absolute Gasteiger partial charge is 0.251 e. The highest BCUT2D eigenvalue weighted by Crippen LogP contribution is 2.17. The number of rotatable bonds is 7. The van der Waals surface area contributed by atoms with Gasteiger partial charge in [-0.25, -0.2) is 0 Å². The molecule has 0 saturated carbocycles. The van der Waals surface area contributed by atoms with E-state index in [0.717, 1.165) is 12.0 Å². The number of amides is 3. The van der Waals surface area contributed by atoms with Crippen molar-refractivity contribution >= 4 is 17.7 Å². The van der Waals surface area contributed by atoms with E-state index in [1.165, 1.54) is 0 Å². The number of carbonyl (C=O) groups excluding carboxylic acids is 3. The molecule has 0 unspecified atom stereocenters. The fourth-order valence-corrected chi connectivity index (χ4v) is 2.82. The molecule has 0 spiro atoms. The third-order valence-electron chi connectivity index (χ3n) is 4.61. The van der Waals surface area contributed by atoms with E-state index in [9.17, 15) is 14.4 Å². The zero-order chi connectivity index (χ0) is 18.4. The molecule has 1 aromatic carbocycles. The zero-order valence-corrected chi connectivity index (χ0v) is 15.2. The summed E-state index contributed by atoms with van der Waals surface area (Å²) < 4.78 is 0. The fraction of sp³-hybridized carbons (Fsp3) is 0.526. The van der Waals surface area contributed by atoms with Gasteiger partial charge in [-0.2, -0.15) is 0 Å². The Bertz CT molecular complexity index is 645. The minimum atomic E-state index is -0.288. The van der Waals surface area contributed by atoms with Gasteiger partial charge in [0.2, 0.25) is 11.8 Å². The Morgan fingerprint density at radius 1 is 1.32 bits per heavy atom. The topological polar surface area (TPSA) is 78.5 Å². The predicted octanol–water partition coefficient (Wildman–Crippen LogP) is 1.70.